The average molecular weight is 746 g/mol. The Kier molecular flexibility index (Phi) is 15.3. The Hall–Kier alpha value is -3.93. The zero-order chi connectivity index (χ0) is 36.7. The van der Waals surface area contributed by atoms with Gasteiger partial charge in [0.2, 0.25) is 0 Å². The Morgan fingerprint density at radius 2 is 1.14 bits per heavy atom. The van der Waals surface area contributed by atoms with Crippen molar-refractivity contribution in [3.05, 3.63) is 180 Å². The Labute approximate surface area is 323 Å². The van der Waals surface area contributed by atoms with Crippen LogP contribution in [0.1, 0.15) is 89.8 Å². The second-order valence-corrected chi connectivity index (χ2v) is 15.1. The zero-order valence-corrected chi connectivity index (χ0v) is 34.0. The van der Waals surface area contributed by atoms with Crippen LogP contribution in [0.25, 0.3) is 32.7 Å². The largest absolute Gasteiger partial charge is 0.214 e. The number of hydrogen-bond donors (Lipinski definition) is 0. The Morgan fingerprint density at radius 1 is 0.608 bits per heavy atom. The van der Waals surface area contributed by atoms with Crippen molar-refractivity contribution < 1.29 is 24.2 Å². The molecule has 0 saturated heterocycles. The van der Waals surface area contributed by atoms with Gasteiger partial charge in [0, 0.05) is 0 Å². The van der Waals surface area contributed by atoms with Gasteiger partial charge in [0.15, 0.2) is 0 Å². The summed E-state index contributed by atoms with van der Waals surface area (Å²) in [6, 6.07) is 59.2. The van der Waals surface area contributed by atoms with Gasteiger partial charge in [0.1, 0.15) is 0 Å². The third kappa shape index (κ3) is 11.8. The summed E-state index contributed by atoms with van der Waals surface area (Å²) in [5.41, 5.74) is 7.34. The molecule has 1 saturated carbocycles. The van der Waals surface area contributed by atoms with Gasteiger partial charge in [-0.05, 0) is 29.6 Å². The van der Waals surface area contributed by atoms with Crippen LogP contribution in [0.2, 0.25) is 0 Å². The summed E-state index contributed by atoms with van der Waals surface area (Å²) in [6.45, 7) is 13.6. The van der Waals surface area contributed by atoms with Gasteiger partial charge >= 0.3 is 28.4 Å². The number of hydrogen-bond acceptors (Lipinski definition) is 0. The molecule has 1 aliphatic rings. The first-order valence-corrected chi connectivity index (χ1v) is 20.0. The van der Waals surface area contributed by atoms with E-state index in [1.54, 1.807) is 0 Å². The SMILES string of the molecule is CC(C)(C)c1ccc2c(c1)[cH-]c1cc(C(C)(C)C)ccc12.[CH2]=[Zr].[c-]1cccc(-c2ccccc2)c1C1CCCC1.[c-]1ccccc1.c1cc[cH-]c1. The monoisotopic (exact) mass is 744 g/mol. The summed E-state index contributed by atoms with van der Waals surface area (Å²) < 4.78 is 3.34. The van der Waals surface area contributed by atoms with Crippen molar-refractivity contribution in [3.63, 3.8) is 0 Å². The Morgan fingerprint density at radius 3 is 1.57 bits per heavy atom. The fourth-order valence-electron chi connectivity index (χ4n) is 6.49. The van der Waals surface area contributed by atoms with Gasteiger partial charge in [-0.25, -0.2) is 12.1 Å². The summed E-state index contributed by atoms with van der Waals surface area (Å²) in [5.74, 6) is 0.728. The van der Waals surface area contributed by atoms with Crippen molar-refractivity contribution in [3.8, 4) is 11.1 Å². The molecule has 0 nitrogen and oxygen atoms in total. The molecule has 51 heavy (non-hydrogen) atoms. The maximum Gasteiger partial charge on any atom is -0.0385 e. The van der Waals surface area contributed by atoms with Crippen LogP contribution in [-0.2, 0) is 35.1 Å². The van der Waals surface area contributed by atoms with Crippen LogP contribution >= 0.6 is 0 Å². The smallest absolute Gasteiger partial charge is 0.0385 e. The zero-order valence-electron chi connectivity index (χ0n) is 31.5. The summed E-state index contributed by atoms with van der Waals surface area (Å²) in [4.78, 5) is 0. The molecule has 0 unspecified atom stereocenters. The van der Waals surface area contributed by atoms with Crippen molar-refractivity contribution >= 4 is 25.8 Å². The molecule has 0 amide bonds. The second kappa shape index (κ2) is 19.6. The van der Waals surface area contributed by atoms with E-state index in [2.05, 4.69) is 149 Å². The van der Waals surface area contributed by atoms with Gasteiger partial charge in [0.25, 0.3) is 0 Å². The van der Waals surface area contributed by atoms with Crippen LogP contribution in [0.15, 0.2) is 152 Å². The standard InChI is InChI=1S/C21H25.C17H17.C6H5.C5H5.CH2.Zr/c1-20(2,3)16-7-9-18-14(12-16)11-15-13-17(21(4,5)6)8-10-19(15)18;1-2-8-14(9-3-1)16-12-6-7-13-17(16)15-10-4-5-11-15;1-2-4-6-5-3-1;1-2-4-5-3-1;;/h7-13H,1-6H3;1-3,6-9,12,15H,4-5,10-11H2;1-5H;1-5H;1H2;/q4*-1;;. The van der Waals surface area contributed by atoms with Gasteiger partial charge in [-0.3, -0.25) is 0 Å². The van der Waals surface area contributed by atoms with E-state index in [1.807, 2.05) is 60.7 Å². The number of benzene rings is 5. The van der Waals surface area contributed by atoms with Crippen LogP contribution < -0.4 is 0 Å². The summed E-state index contributed by atoms with van der Waals surface area (Å²) in [6.07, 6.45) is 5.42. The van der Waals surface area contributed by atoms with Gasteiger partial charge in [-0.1, -0.05) is 126 Å². The average Bonchev–Trinajstić information content (AvgIpc) is 3.97. The third-order valence-corrected chi connectivity index (χ3v) is 9.34. The molecule has 0 aromatic heterocycles. The minimum Gasteiger partial charge on any atom is -0.214 e. The van der Waals surface area contributed by atoms with Gasteiger partial charge in [0.05, 0.1) is 0 Å². The molecule has 0 heterocycles. The van der Waals surface area contributed by atoms with E-state index in [0.717, 1.165) is 5.92 Å². The molecule has 0 spiro atoms. The molecule has 7 aromatic rings. The van der Waals surface area contributed by atoms with E-state index in [0.29, 0.717) is 0 Å². The molecule has 8 rings (SSSR count). The predicted octanol–water partition coefficient (Wildman–Crippen LogP) is 14.0. The maximum absolute atomic E-state index is 3.48. The van der Waals surface area contributed by atoms with E-state index in [-0.39, 0.29) is 10.8 Å². The maximum atomic E-state index is 3.48. The molecule has 7 aromatic carbocycles. The van der Waals surface area contributed by atoms with E-state index >= 15 is 0 Å². The number of fused-ring (bicyclic) bond motifs is 3. The minimum absolute atomic E-state index is 0.203. The van der Waals surface area contributed by atoms with Gasteiger partial charge < -0.3 is 0 Å². The van der Waals surface area contributed by atoms with Crippen LogP contribution in [0, 0.1) is 12.1 Å². The number of rotatable bonds is 2. The van der Waals surface area contributed by atoms with E-state index in [4.69, 9.17) is 0 Å². The third-order valence-electron chi connectivity index (χ3n) is 9.34. The summed E-state index contributed by atoms with van der Waals surface area (Å²) in [7, 11) is 0. The van der Waals surface area contributed by atoms with Crippen molar-refractivity contribution in [1.29, 1.82) is 0 Å². The second-order valence-electron chi connectivity index (χ2n) is 15.1. The summed E-state index contributed by atoms with van der Waals surface area (Å²) >= 11 is 1.30. The molecule has 262 valence electrons. The first kappa shape index (κ1) is 39.9. The first-order valence-electron chi connectivity index (χ1n) is 18.2. The molecule has 1 heteroatoms. The molecule has 0 N–H and O–H groups in total. The quantitative estimate of drug-likeness (QED) is 0.155. The molecular weight excluding hydrogens is 692 g/mol. The van der Waals surface area contributed by atoms with Crippen molar-refractivity contribution in [2.45, 2.75) is 84.0 Å². The fourth-order valence-corrected chi connectivity index (χ4v) is 6.49. The van der Waals surface area contributed by atoms with Crippen LogP contribution in [0.4, 0.5) is 0 Å². The molecule has 0 aliphatic heterocycles. The van der Waals surface area contributed by atoms with Gasteiger partial charge in [-0.2, -0.15) is 84.4 Å². The van der Waals surface area contributed by atoms with Crippen molar-refractivity contribution in [2.75, 3.05) is 0 Å². The van der Waals surface area contributed by atoms with Gasteiger partial charge in [-0.15, -0.1) is 45.3 Å². The van der Waals surface area contributed by atoms with Crippen LogP contribution in [0.5, 0.6) is 0 Å². The Balaban J connectivity index is 0.000000171. The minimum atomic E-state index is 0.203. The molecule has 0 atom stereocenters. The topological polar surface area (TPSA) is 0 Å². The molecule has 1 fully saturated rings. The fraction of sp³-hybridized carbons (Fsp3) is 0.260. The van der Waals surface area contributed by atoms with E-state index in [1.165, 1.54) is 99.3 Å². The van der Waals surface area contributed by atoms with Crippen molar-refractivity contribution in [2.24, 2.45) is 0 Å². The molecular formula is C50H54Zr-4. The molecule has 0 bridgehead atoms. The van der Waals surface area contributed by atoms with Crippen LogP contribution in [-0.4, -0.2) is 4.21 Å². The van der Waals surface area contributed by atoms with Crippen molar-refractivity contribution in [1.82, 2.24) is 0 Å². The Bertz CT molecular complexity index is 1860. The van der Waals surface area contributed by atoms with Crippen LogP contribution in [0.3, 0.4) is 0 Å². The normalized spacial score (nSPS) is 12.6. The predicted molar refractivity (Wildman–Crippen MR) is 221 cm³/mol. The first-order chi connectivity index (χ1) is 24.6. The summed E-state index contributed by atoms with van der Waals surface area (Å²) in [5, 5.41) is 5.48. The van der Waals surface area contributed by atoms with E-state index < -0.39 is 0 Å². The molecule has 1 aliphatic carbocycles. The molecule has 0 radical (unpaired) electrons. The van der Waals surface area contributed by atoms with E-state index in [9.17, 15) is 0 Å².